The monoisotopic (exact) mass is 278 g/mol. The molecular weight excluding hydrogens is 256 g/mol. The highest BCUT2D eigenvalue weighted by Gasteiger charge is 2.26. The van der Waals surface area contributed by atoms with Crippen molar-refractivity contribution >= 4 is 12.6 Å². The zero-order valence-corrected chi connectivity index (χ0v) is 11.7. The second kappa shape index (κ2) is 7.92. The summed E-state index contributed by atoms with van der Waals surface area (Å²) < 4.78 is 0. The average molecular weight is 278 g/mol. The van der Waals surface area contributed by atoms with E-state index >= 15 is 0 Å². The normalized spacial score (nSPS) is 16.9. The number of carbonyl (C=O) groups is 2. The lowest BCUT2D eigenvalue weighted by Gasteiger charge is -2.26. The van der Waals surface area contributed by atoms with Crippen molar-refractivity contribution in [3.8, 4) is 0 Å². The third-order valence-electron chi connectivity index (χ3n) is 3.39. The van der Waals surface area contributed by atoms with E-state index in [4.69, 9.17) is 0 Å². The third kappa shape index (κ3) is 5.63. The molecular formula is C16H22O4. The Labute approximate surface area is 119 Å². The summed E-state index contributed by atoms with van der Waals surface area (Å²) in [6.07, 6.45) is 1.77. The number of rotatable bonds is 9. The van der Waals surface area contributed by atoms with Crippen molar-refractivity contribution in [1.82, 2.24) is 0 Å². The summed E-state index contributed by atoms with van der Waals surface area (Å²) >= 11 is 0. The quantitative estimate of drug-likeness (QED) is 0.676. The summed E-state index contributed by atoms with van der Waals surface area (Å²) in [6.45, 7) is 1.60. The van der Waals surface area contributed by atoms with Gasteiger partial charge in [-0.3, -0.25) is 0 Å². The Balaban J connectivity index is 2.57. The van der Waals surface area contributed by atoms with E-state index in [-0.39, 0.29) is 25.2 Å². The molecule has 0 aromatic heterocycles. The SMILES string of the molecule is CC(O)(CCC=O)CC(O)CC(C=O)c1ccccc1. The Morgan fingerprint density at radius 1 is 1.25 bits per heavy atom. The molecule has 0 saturated heterocycles. The molecule has 2 N–H and O–H groups in total. The molecule has 3 atom stereocenters. The minimum atomic E-state index is -1.09. The minimum absolute atomic E-state index is 0.151. The van der Waals surface area contributed by atoms with E-state index in [1.165, 1.54) is 0 Å². The van der Waals surface area contributed by atoms with Gasteiger partial charge in [0.05, 0.1) is 11.7 Å². The molecule has 3 unspecified atom stereocenters. The number of hydrogen-bond acceptors (Lipinski definition) is 4. The van der Waals surface area contributed by atoms with Gasteiger partial charge in [0.15, 0.2) is 0 Å². The van der Waals surface area contributed by atoms with E-state index in [1.54, 1.807) is 6.92 Å². The van der Waals surface area contributed by atoms with Gasteiger partial charge < -0.3 is 19.8 Å². The first kappa shape index (κ1) is 16.5. The largest absolute Gasteiger partial charge is 0.393 e. The Hall–Kier alpha value is -1.52. The molecule has 0 bridgehead atoms. The highest BCUT2D eigenvalue weighted by molar-refractivity contribution is 5.62. The Kier molecular flexibility index (Phi) is 6.55. The number of aldehydes is 2. The Morgan fingerprint density at radius 2 is 1.90 bits per heavy atom. The lowest BCUT2D eigenvalue weighted by molar-refractivity contribution is -0.110. The number of aliphatic hydroxyl groups excluding tert-OH is 1. The van der Waals surface area contributed by atoms with Gasteiger partial charge in [-0.15, -0.1) is 0 Å². The van der Waals surface area contributed by atoms with Crippen LogP contribution in [0.5, 0.6) is 0 Å². The first-order valence-corrected chi connectivity index (χ1v) is 6.83. The lowest BCUT2D eigenvalue weighted by atomic mass is 9.87. The van der Waals surface area contributed by atoms with Crippen molar-refractivity contribution in [2.75, 3.05) is 0 Å². The summed E-state index contributed by atoms with van der Waals surface area (Å²) in [5, 5.41) is 20.1. The van der Waals surface area contributed by atoms with Gasteiger partial charge in [-0.25, -0.2) is 0 Å². The van der Waals surface area contributed by atoms with Crippen LogP contribution < -0.4 is 0 Å². The van der Waals surface area contributed by atoms with Crippen molar-refractivity contribution in [3.63, 3.8) is 0 Å². The van der Waals surface area contributed by atoms with Gasteiger partial charge in [0.25, 0.3) is 0 Å². The molecule has 0 fully saturated rings. The zero-order chi connectivity index (χ0) is 15.0. The van der Waals surface area contributed by atoms with Crippen LogP contribution in [-0.4, -0.2) is 34.5 Å². The maximum Gasteiger partial charge on any atom is 0.127 e. The molecule has 1 aromatic carbocycles. The van der Waals surface area contributed by atoms with Gasteiger partial charge in [-0.1, -0.05) is 30.3 Å². The van der Waals surface area contributed by atoms with E-state index in [2.05, 4.69) is 0 Å². The highest BCUT2D eigenvalue weighted by Crippen LogP contribution is 2.25. The van der Waals surface area contributed by atoms with E-state index in [0.717, 1.165) is 18.1 Å². The van der Waals surface area contributed by atoms with E-state index < -0.39 is 11.7 Å². The summed E-state index contributed by atoms with van der Waals surface area (Å²) in [6, 6.07) is 9.25. The van der Waals surface area contributed by atoms with Crippen molar-refractivity contribution in [3.05, 3.63) is 35.9 Å². The van der Waals surface area contributed by atoms with Crippen LogP contribution >= 0.6 is 0 Å². The third-order valence-corrected chi connectivity index (χ3v) is 3.39. The van der Waals surface area contributed by atoms with Crippen molar-refractivity contribution in [2.24, 2.45) is 0 Å². The van der Waals surface area contributed by atoms with Crippen LogP contribution in [0.3, 0.4) is 0 Å². The molecule has 110 valence electrons. The maximum absolute atomic E-state index is 11.2. The molecule has 0 saturated carbocycles. The second-order valence-corrected chi connectivity index (χ2v) is 5.45. The predicted molar refractivity (Wildman–Crippen MR) is 76.4 cm³/mol. The van der Waals surface area contributed by atoms with Crippen LogP contribution in [0.15, 0.2) is 30.3 Å². The second-order valence-electron chi connectivity index (χ2n) is 5.45. The number of benzene rings is 1. The first-order chi connectivity index (χ1) is 9.48. The fourth-order valence-corrected chi connectivity index (χ4v) is 2.33. The molecule has 1 aromatic rings. The Morgan fingerprint density at radius 3 is 2.45 bits per heavy atom. The molecule has 0 aliphatic rings. The number of carbonyl (C=O) groups excluding carboxylic acids is 2. The molecule has 4 nitrogen and oxygen atoms in total. The van der Waals surface area contributed by atoms with Crippen LogP contribution in [0.1, 0.15) is 44.1 Å². The van der Waals surface area contributed by atoms with Crippen LogP contribution in [-0.2, 0) is 9.59 Å². The zero-order valence-electron chi connectivity index (χ0n) is 11.7. The molecule has 20 heavy (non-hydrogen) atoms. The van der Waals surface area contributed by atoms with Gasteiger partial charge in [-0.2, -0.15) is 0 Å². The van der Waals surface area contributed by atoms with Gasteiger partial charge in [0.2, 0.25) is 0 Å². The van der Waals surface area contributed by atoms with Crippen molar-refractivity contribution < 1.29 is 19.8 Å². The summed E-state index contributed by atoms with van der Waals surface area (Å²) in [4.78, 5) is 21.5. The van der Waals surface area contributed by atoms with E-state index in [9.17, 15) is 19.8 Å². The fraction of sp³-hybridized carbons (Fsp3) is 0.500. The van der Waals surface area contributed by atoms with Crippen LogP contribution in [0, 0.1) is 0 Å². The highest BCUT2D eigenvalue weighted by atomic mass is 16.3. The minimum Gasteiger partial charge on any atom is -0.393 e. The summed E-state index contributed by atoms with van der Waals surface area (Å²) in [5.74, 6) is -0.381. The summed E-state index contributed by atoms with van der Waals surface area (Å²) in [7, 11) is 0. The molecule has 0 radical (unpaired) electrons. The molecule has 0 amide bonds. The van der Waals surface area contributed by atoms with Gasteiger partial charge in [-0.05, 0) is 25.3 Å². The van der Waals surface area contributed by atoms with Gasteiger partial charge >= 0.3 is 0 Å². The molecule has 0 aliphatic carbocycles. The summed E-state index contributed by atoms with van der Waals surface area (Å²) in [5.41, 5.74) is -0.237. The molecule has 4 heteroatoms. The van der Waals surface area contributed by atoms with Gasteiger partial charge in [0, 0.05) is 18.8 Å². The topological polar surface area (TPSA) is 74.6 Å². The van der Waals surface area contributed by atoms with Crippen molar-refractivity contribution in [2.45, 2.75) is 50.2 Å². The standard InChI is InChI=1S/C16H22O4/c1-16(20,8-5-9-17)11-15(19)10-14(12-18)13-6-3-2-4-7-13/h2-4,6-7,9,12,14-15,19-20H,5,8,10-11H2,1H3. The van der Waals surface area contributed by atoms with Crippen molar-refractivity contribution in [1.29, 1.82) is 0 Å². The fourth-order valence-electron chi connectivity index (χ4n) is 2.33. The number of hydrogen-bond donors (Lipinski definition) is 2. The maximum atomic E-state index is 11.2. The van der Waals surface area contributed by atoms with Crippen LogP contribution in [0.2, 0.25) is 0 Å². The average Bonchev–Trinajstić information content (AvgIpc) is 2.43. The van der Waals surface area contributed by atoms with E-state index in [0.29, 0.717) is 6.42 Å². The lowest BCUT2D eigenvalue weighted by Crippen LogP contribution is -2.31. The van der Waals surface area contributed by atoms with Gasteiger partial charge in [0.1, 0.15) is 12.6 Å². The Bertz CT molecular complexity index is 414. The van der Waals surface area contributed by atoms with Crippen LogP contribution in [0.25, 0.3) is 0 Å². The first-order valence-electron chi connectivity index (χ1n) is 6.83. The molecule has 0 spiro atoms. The molecule has 0 aliphatic heterocycles. The molecule has 1 rings (SSSR count). The molecule has 0 heterocycles. The van der Waals surface area contributed by atoms with E-state index in [1.807, 2.05) is 30.3 Å². The smallest absolute Gasteiger partial charge is 0.127 e. The predicted octanol–water partition coefficient (Wildman–Crippen LogP) is 1.84. The number of aliphatic hydroxyl groups is 2. The van der Waals surface area contributed by atoms with Crippen LogP contribution in [0.4, 0.5) is 0 Å².